The van der Waals surface area contributed by atoms with Crippen molar-refractivity contribution < 1.29 is 20.1 Å². The van der Waals surface area contributed by atoms with Crippen molar-refractivity contribution >= 4 is 16.7 Å². The van der Waals surface area contributed by atoms with Crippen LogP contribution in [0.25, 0.3) is 10.8 Å². The molecule has 0 radical (unpaired) electrons. The summed E-state index contributed by atoms with van der Waals surface area (Å²) in [6, 6.07) is 14.4. The average Bonchev–Trinajstić information content (AvgIpc) is 2.46. The SMILES string of the molecule is O=C(O)CC(O)CC(O)CCCc1cccc2ccccc12. The number of carboxylic acids is 1. The van der Waals surface area contributed by atoms with E-state index in [1.165, 1.54) is 16.3 Å². The van der Waals surface area contributed by atoms with Gasteiger partial charge in [0, 0.05) is 0 Å². The van der Waals surface area contributed by atoms with Crippen molar-refractivity contribution in [2.75, 3.05) is 0 Å². The highest BCUT2D eigenvalue weighted by Gasteiger charge is 2.15. The van der Waals surface area contributed by atoms with E-state index in [2.05, 4.69) is 24.3 Å². The number of carbonyl (C=O) groups is 1. The largest absolute Gasteiger partial charge is 0.481 e. The summed E-state index contributed by atoms with van der Waals surface area (Å²) in [7, 11) is 0. The van der Waals surface area contributed by atoms with Crippen LogP contribution < -0.4 is 0 Å². The highest BCUT2D eigenvalue weighted by Crippen LogP contribution is 2.20. The normalized spacial score (nSPS) is 13.9. The molecule has 0 saturated carbocycles. The smallest absolute Gasteiger partial charge is 0.305 e. The van der Waals surface area contributed by atoms with E-state index in [1.807, 2.05) is 18.2 Å². The van der Waals surface area contributed by atoms with Gasteiger partial charge in [0.25, 0.3) is 0 Å². The summed E-state index contributed by atoms with van der Waals surface area (Å²) in [5.74, 6) is -1.05. The summed E-state index contributed by atoms with van der Waals surface area (Å²) in [6.07, 6.45) is 0.360. The molecule has 0 aliphatic carbocycles. The molecule has 0 spiro atoms. The summed E-state index contributed by atoms with van der Waals surface area (Å²) in [4.78, 5) is 10.5. The van der Waals surface area contributed by atoms with Gasteiger partial charge in [-0.1, -0.05) is 42.5 Å². The van der Waals surface area contributed by atoms with Crippen LogP contribution in [0.2, 0.25) is 0 Å². The lowest BCUT2D eigenvalue weighted by molar-refractivity contribution is -0.139. The molecule has 0 aliphatic rings. The number of aliphatic carboxylic acids is 1. The van der Waals surface area contributed by atoms with Crippen molar-refractivity contribution in [1.82, 2.24) is 0 Å². The number of rotatable bonds is 8. The first-order valence-electron chi connectivity index (χ1n) is 7.61. The van der Waals surface area contributed by atoms with Gasteiger partial charge in [0.05, 0.1) is 18.6 Å². The lowest BCUT2D eigenvalue weighted by Crippen LogP contribution is -2.20. The highest BCUT2D eigenvalue weighted by atomic mass is 16.4. The molecule has 3 N–H and O–H groups in total. The van der Waals surface area contributed by atoms with Gasteiger partial charge >= 0.3 is 5.97 Å². The van der Waals surface area contributed by atoms with Crippen LogP contribution in [-0.2, 0) is 11.2 Å². The Morgan fingerprint density at radius 1 is 1.00 bits per heavy atom. The number of hydrogen-bond donors (Lipinski definition) is 3. The molecule has 4 heteroatoms. The zero-order chi connectivity index (χ0) is 15.9. The zero-order valence-electron chi connectivity index (χ0n) is 12.5. The molecule has 0 aliphatic heterocycles. The Kier molecular flexibility index (Phi) is 5.92. The van der Waals surface area contributed by atoms with Gasteiger partial charge in [-0.2, -0.15) is 0 Å². The molecule has 22 heavy (non-hydrogen) atoms. The molecule has 2 unspecified atom stereocenters. The molecule has 0 fully saturated rings. The third-order valence-electron chi connectivity index (χ3n) is 3.82. The Labute approximate surface area is 130 Å². The maximum Gasteiger partial charge on any atom is 0.305 e. The predicted molar refractivity (Wildman–Crippen MR) is 85.8 cm³/mol. The third-order valence-corrected chi connectivity index (χ3v) is 3.82. The molecule has 0 amide bonds. The summed E-state index contributed by atoms with van der Waals surface area (Å²) in [5.41, 5.74) is 1.25. The van der Waals surface area contributed by atoms with E-state index in [9.17, 15) is 15.0 Å². The lowest BCUT2D eigenvalue weighted by Gasteiger charge is -2.14. The fourth-order valence-corrected chi connectivity index (χ4v) is 2.76. The highest BCUT2D eigenvalue weighted by molar-refractivity contribution is 5.85. The zero-order valence-corrected chi connectivity index (χ0v) is 12.5. The second-order valence-electron chi connectivity index (χ2n) is 5.67. The second kappa shape index (κ2) is 7.92. The Balaban J connectivity index is 1.84. The summed E-state index contributed by atoms with van der Waals surface area (Å²) in [6.45, 7) is 0. The topological polar surface area (TPSA) is 77.8 Å². The molecular weight excluding hydrogens is 280 g/mol. The molecule has 0 heterocycles. The average molecular weight is 302 g/mol. The summed E-state index contributed by atoms with van der Waals surface area (Å²) in [5, 5.41) is 30.4. The van der Waals surface area contributed by atoms with Crippen molar-refractivity contribution in [2.45, 2.75) is 44.3 Å². The molecule has 2 aromatic carbocycles. The maximum absolute atomic E-state index is 10.5. The molecule has 118 valence electrons. The quantitative estimate of drug-likeness (QED) is 0.700. The van der Waals surface area contributed by atoms with Crippen LogP contribution in [0.1, 0.15) is 31.2 Å². The van der Waals surface area contributed by atoms with Crippen LogP contribution in [0, 0.1) is 0 Å². The Bertz CT molecular complexity index is 618. The maximum atomic E-state index is 10.5. The van der Waals surface area contributed by atoms with Crippen LogP contribution in [0.15, 0.2) is 42.5 Å². The third kappa shape index (κ3) is 4.83. The van der Waals surface area contributed by atoms with Crippen molar-refractivity contribution in [2.24, 2.45) is 0 Å². The van der Waals surface area contributed by atoms with E-state index in [0.717, 1.165) is 12.8 Å². The second-order valence-corrected chi connectivity index (χ2v) is 5.67. The van der Waals surface area contributed by atoms with E-state index in [0.29, 0.717) is 6.42 Å². The van der Waals surface area contributed by atoms with Gasteiger partial charge in [-0.25, -0.2) is 0 Å². The van der Waals surface area contributed by atoms with Crippen molar-refractivity contribution in [1.29, 1.82) is 0 Å². The monoisotopic (exact) mass is 302 g/mol. The summed E-state index contributed by atoms with van der Waals surface area (Å²) >= 11 is 0. The number of aliphatic hydroxyl groups is 2. The minimum absolute atomic E-state index is 0.113. The number of aliphatic hydroxyl groups excluding tert-OH is 2. The van der Waals surface area contributed by atoms with Crippen molar-refractivity contribution in [3.8, 4) is 0 Å². The molecule has 4 nitrogen and oxygen atoms in total. The number of aryl methyl sites for hydroxylation is 1. The van der Waals surface area contributed by atoms with Gasteiger partial charge < -0.3 is 15.3 Å². The van der Waals surface area contributed by atoms with Gasteiger partial charge in [-0.05, 0) is 42.0 Å². The lowest BCUT2D eigenvalue weighted by atomic mass is 9.98. The first kappa shape index (κ1) is 16.5. The Morgan fingerprint density at radius 2 is 1.73 bits per heavy atom. The van der Waals surface area contributed by atoms with Crippen LogP contribution in [0.3, 0.4) is 0 Å². The molecular formula is C18H22O4. The van der Waals surface area contributed by atoms with Gasteiger partial charge in [-0.3, -0.25) is 4.79 Å². The van der Waals surface area contributed by atoms with Gasteiger partial charge in [0.2, 0.25) is 0 Å². The van der Waals surface area contributed by atoms with E-state index in [-0.39, 0.29) is 12.8 Å². The van der Waals surface area contributed by atoms with E-state index >= 15 is 0 Å². The van der Waals surface area contributed by atoms with E-state index in [1.54, 1.807) is 0 Å². The Hall–Kier alpha value is -1.91. The van der Waals surface area contributed by atoms with Crippen LogP contribution >= 0.6 is 0 Å². The van der Waals surface area contributed by atoms with Crippen molar-refractivity contribution in [3.63, 3.8) is 0 Å². The molecule has 2 aromatic rings. The first-order valence-corrected chi connectivity index (χ1v) is 7.61. The summed E-state index contributed by atoms with van der Waals surface area (Å²) < 4.78 is 0. The Morgan fingerprint density at radius 3 is 2.50 bits per heavy atom. The van der Waals surface area contributed by atoms with Crippen LogP contribution in [-0.4, -0.2) is 33.5 Å². The fourth-order valence-electron chi connectivity index (χ4n) is 2.76. The molecule has 0 aromatic heterocycles. The minimum Gasteiger partial charge on any atom is -0.481 e. The van der Waals surface area contributed by atoms with E-state index < -0.39 is 18.2 Å². The standard InChI is InChI=1S/C18H22O4/c19-15(11-16(20)12-18(21)22)9-4-8-14-7-3-6-13-5-1-2-10-17(13)14/h1-3,5-7,10,15-16,19-20H,4,8-9,11-12H2,(H,21,22). The number of fused-ring (bicyclic) bond motifs is 1. The van der Waals surface area contributed by atoms with E-state index in [4.69, 9.17) is 5.11 Å². The number of benzene rings is 2. The number of hydrogen-bond acceptors (Lipinski definition) is 3. The van der Waals surface area contributed by atoms with Crippen LogP contribution in [0.4, 0.5) is 0 Å². The van der Waals surface area contributed by atoms with Gasteiger partial charge in [-0.15, -0.1) is 0 Å². The molecule has 0 saturated heterocycles. The molecule has 2 rings (SSSR count). The predicted octanol–water partition coefficient (Wildman–Crippen LogP) is 2.75. The number of carboxylic acid groups (broad SMARTS) is 1. The van der Waals surface area contributed by atoms with Crippen LogP contribution in [0.5, 0.6) is 0 Å². The first-order chi connectivity index (χ1) is 10.6. The minimum atomic E-state index is -1.05. The van der Waals surface area contributed by atoms with Gasteiger partial charge in [0.15, 0.2) is 0 Å². The molecule has 0 bridgehead atoms. The fraction of sp³-hybridized carbons (Fsp3) is 0.389. The molecule has 2 atom stereocenters. The van der Waals surface area contributed by atoms with Gasteiger partial charge in [0.1, 0.15) is 0 Å². The van der Waals surface area contributed by atoms with Crippen molar-refractivity contribution in [3.05, 3.63) is 48.0 Å².